The van der Waals surface area contributed by atoms with Crippen LogP contribution in [0.1, 0.15) is 15.2 Å². The van der Waals surface area contributed by atoms with E-state index in [9.17, 15) is 9.59 Å². The number of carbonyl (C=O) groups is 2. The molecule has 110 valence electrons. The number of thiocarbonyl (C=S) groups is 1. The normalized spacial score (nSPS) is 16.4. The Kier molecular flexibility index (Phi) is 4.32. The van der Waals surface area contributed by atoms with E-state index >= 15 is 0 Å². The first-order chi connectivity index (χ1) is 10.6. The monoisotopic (exact) mass is 347 g/mol. The molecule has 0 unspecified atom stereocenters. The van der Waals surface area contributed by atoms with E-state index in [1.165, 1.54) is 11.3 Å². The molecular formula is C14H9N3O2S3. The maximum atomic E-state index is 12.3. The molecule has 3 rings (SSSR count). The first-order valence-corrected chi connectivity index (χ1v) is 8.28. The lowest BCUT2D eigenvalue weighted by atomic mass is 10.2. The van der Waals surface area contributed by atoms with Crippen LogP contribution in [0.15, 0.2) is 46.9 Å². The third kappa shape index (κ3) is 3.08. The second-order valence-electron chi connectivity index (χ2n) is 4.22. The molecule has 0 saturated carbocycles. The van der Waals surface area contributed by atoms with Crippen molar-refractivity contribution in [3.8, 4) is 0 Å². The van der Waals surface area contributed by atoms with E-state index in [1.54, 1.807) is 48.1 Å². The number of hydrogen-bond acceptors (Lipinski definition) is 6. The van der Waals surface area contributed by atoms with Gasteiger partial charge < -0.3 is 0 Å². The number of rotatable bonds is 3. The van der Waals surface area contributed by atoms with Crippen molar-refractivity contribution in [2.45, 2.75) is 0 Å². The Bertz CT molecular complexity index is 757. The van der Waals surface area contributed by atoms with E-state index in [0.29, 0.717) is 14.1 Å². The van der Waals surface area contributed by atoms with Crippen LogP contribution in [0.3, 0.4) is 0 Å². The topological polar surface area (TPSA) is 62.3 Å². The van der Waals surface area contributed by atoms with Gasteiger partial charge in [-0.1, -0.05) is 17.8 Å². The Hall–Kier alpha value is -2.03. The number of pyridine rings is 1. The number of thioether (sulfide) groups is 1. The van der Waals surface area contributed by atoms with Gasteiger partial charge in [0, 0.05) is 12.4 Å². The van der Waals surface area contributed by atoms with Gasteiger partial charge in [0.2, 0.25) is 0 Å². The summed E-state index contributed by atoms with van der Waals surface area (Å²) in [7, 11) is 0. The Morgan fingerprint density at radius 2 is 2.09 bits per heavy atom. The Morgan fingerprint density at radius 1 is 1.32 bits per heavy atom. The molecule has 8 heteroatoms. The summed E-state index contributed by atoms with van der Waals surface area (Å²) in [5, 5.41) is 2.90. The van der Waals surface area contributed by atoms with Crippen LogP contribution in [0.4, 0.5) is 0 Å². The van der Waals surface area contributed by atoms with Crippen LogP contribution >= 0.6 is 35.3 Å². The number of carbonyl (C=O) groups excluding carboxylic acids is 2. The Morgan fingerprint density at radius 3 is 2.77 bits per heavy atom. The highest BCUT2D eigenvalue weighted by Crippen LogP contribution is 2.31. The summed E-state index contributed by atoms with van der Waals surface area (Å²) in [6, 6.07) is 7.03. The van der Waals surface area contributed by atoms with Crippen LogP contribution in [0, 0.1) is 0 Å². The van der Waals surface area contributed by atoms with Crippen molar-refractivity contribution in [2.75, 3.05) is 0 Å². The van der Waals surface area contributed by atoms with E-state index in [-0.39, 0.29) is 11.8 Å². The third-order valence-corrected chi connectivity index (χ3v) is 4.93. The number of aromatic nitrogens is 1. The summed E-state index contributed by atoms with van der Waals surface area (Å²) < 4.78 is 0.301. The molecule has 0 radical (unpaired) electrons. The van der Waals surface area contributed by atoms with E-state index < -0.39 is 0 Å². The maximum absolute atomic E-state index is 12.3. The van der Waals surface area contributed by atoms with Gasteiger partial charge in [0.1, 0.15) is 0 Å². The highest BCUT2D eigenvalue weighted by molar-refractivity contribution is 8.26. The van der Waals surface area contributed by atoms with Crippen molar-refractivity contribution in [3.05, 3.63) is 57.4 Å². The van der Waals surface area contributed by atoms with Crippen LogP contribution in [0.5, 0.6) is 0 Å². The summed E-state index contributed by atoms with van der Waals surface area (Å²) in [6.07, 6.45) is 5.01. The average molecular weight is 347 g/mol. The molecule has 0 spiro atoms. The van der Waals surface area contributed by atoms with Gasteiger partial charge in [0.05, 0.1) is 9.78 Å². The molecule has 22 heavy (non-hydrogen) atoms. The number of thiophene rings is 1. The van der Waals surface area contributed by atoms with Crippen LogP contribution in [-0.4, -0.2) is 26.1 Å². The van der Waals surface area contributed by atoms with Gasteiger partial charge in [-0.15, -0.1) is 11.3 Å². The van der Waals surface area contributed by atoms with E-state index in [0.717, 1.165) is 22.3 Å². The van der Waals surface area contributed by atoms with Crippen molar-refractivity contribution < 1.29 is 9.59 Å². The van der Waals surface area contributed by atoms with Crippen LogP contribution < -0.4 is 5.43 Å². The highest BCUT2D eigenvalue weighted by Gasteiger charge is 2.33. The van der Waals surface area contributed by atoms with Gasteiger partial charge >= 0.3 is 0 Å². The summed E-state index contributed by atoms with van der Waals surface area (Å²) in [4.78, 5) is 29.3. The van der Waals surface area contributed by atoms with Crippen LogP contribution in [0.2, 0.25) is 0 Å². The SMILES string of the molecule is O=C(NN1C(=O)/C(=C\c2ccncc2)SC1=S)c1cccs1. The zero-order valence-corrected chi connectivity index (χ0v) is 13.5. The Labute approximate surface area is 140 Å². The van der Waals surface area contributed by atoms with Crippen molar-refractivity contribution in [1.82, 2.24) is 15.4 Å². The standard InChI is InChI=1S/C14H9N3O2S3/c18-12(10-2-1-7-21-10)16-17-13(19)11(22-14(17)20)8-9-3-5-15-6-4-9/h1-8H,(H,16,18)/b11-8+. The molecule has 0 bridgehead atoms. The summed E-state index contributed by atoms with van der Waals surface area (Å²) >= 11 is 7.61. The smallest absolute Gasteiger partial charge is 0.266 e. The zero-order chi connectivity index (χ0) is 15.5. The van der Waals surface area contributed by atoms with Gasteiger partial charge in [0.15, 0.2) is 4.32 Å². The molecule has 1 fully saturated rings. The minimum absolute atomic E-state index is 0.301. The first kappa shape index (κ1) is 14.9. The Balaban J connectivity index is 1.77. The molecule has 1 N–H and O–H groups in total. The first-order valence-electron chi connectivity index (χ1n) is 6.17. The van der Waals surface area contributed by atoms with E-state index in [2.05, 4.69) is 10.4 Å². The fourth-order valence-electron chi connectivity index (χ4n) is 1.74. The fraction of sp³-hybridized carbons (Fsp3) is 0. The average Bonchev–Trinajstić information content (AvgIpc) is 3.13. The number of nitrogens with zero attached hydrogens (tertiary/aromatic N) is 2. The maximum Gasteiger partial charge on any atom is 0.285 e. The second-order valence-corrected chi connectivity index (χ2v) is 6.84. The minimum Gasteiger partial charge on any atom is -0.266 e. The molecule has 1 aliphatic heterocycles. The number of hydrogen-bond donors (Lipinski definition) is 1. The van der Waals surface area contributed by atoms with Gasteiger partial charge in [0.25, 0.3) is 11.8 Å². The molecule has 0 aliphatic carbocycles. The number of nitrogens with one attached hydrogen (secondary N) is 1. The molecule has 2 aromatic rings. The van der Waals surface area contributed by atoms with Crippen molar-refractivity contribution in [2.24, 2.45) is 0 Å². The predicted molar refractivity (Wildman–Crippen MR) is 91.0 cm³/mol. The van der Waals surface area contributed by atoms with Crippen molar-refractivity contribution in [3.63, 3.8) is 0 Å². The van der Waals surface area contributed by atoms with Gasteiger partial charge in [-0.05, 0) is 47.4 Å². The molecule has 0 atom stereocenters. The lowest BCUT2D eigenvalue weighted by Gasteiger charge is -2.14. The van der Waals surface area contributed by atoms with E-state index in [1.807, 2.05) is 0 Å². The lowest BCUT2D eigenvalue weighted by Crippen LogP contribution is -2.44. The largest absolute Gasteiger partial charge is 0.285 e. The molecule has 2 aromatic heterocycles. The molecule has 1 saturated heterocycles. The molecule has 3 heterocycles. The molecular weight excluding hydrogens is 338 g/mol. The summed E-state index contributed by atoms with van der Waals surface area (Å²) in [6.45, 7) is 0. The summed E-state index contributed by atoms with van der Waals surface area (Å²) in [5.41, 5.74) is 3.38. The minimum atomic E-state index is -0.350. The molecule has 2 amide bonds. The van der Waals surface area contributed by atoms with Gasteiger partial charge in [-0.25, -0.2) is 0 Å². The third-order valence-electron chi connectivity index (χ3n) is 2.76. The molecule has 0 aromatic carbocycles. The lowest BCUT2D eigenvalue weighted by molar-refractivity contribution is -0.123. The zero-order valence-electron chi connectivity index (χ0n) is 11.1. The quantitative estimate of drug-likeness (QED) is 0.683. The second kappa shape index (κ2) is 6.39. The number of amides is 2. The van der Waals surface area contributed by atoms with Crippen LogP contribution in [-0.2, 0) is 4.79 Å². The summed E-state index contributed by atoms with van der Waals surface area (Å²) in [5.74, 6) is -0.687. The van der Waals surface area contributed by atoms with Crippen molar-refractivity contribution in [1.29, 1.82) is 0 Å². The molecule has 1 aliphatic rings. The van der Waals surface area contributed by atoms with E-state index in [4.69, 9.17) is 12.2 Å². The van der Waals surface area contributed by atoms with Gasteiger partial charge in [-0.3, -0.25) is 20.0 Å². The van der Waals surface area contributed by atoms with Crippen molar-refractivity contribution >= 4 is 57.5 Å². The van der Waals surface area contributed by atoms with Gasteiger partial charge in [-0.2, -0.15) is 5.01 Å². The predicted octanol–water partition coefficient (Wildman–Crippen LogP) is 2.69. The molecule has 5 nitrogen and oxygen atoms in total. The highest BCUT2D eigenvalue weighted by atomic mass is 32.2. The van der Waals surface area contributed by atoms with Crippen LogP contribution in [0.25, 0.3) is 6.08 Å². The fourth-order valence-corrected chi connectivity index (χ4v) is 3.53. The number of hydrazine groups is 1.